The molecule has 5 nitrogen and oxygen atoms in total. The van der Waals surface area contributed by atoms with Gasteiger partial charge in [-0.3, -0.25) is 5.84 Å². The molecule has 7 heteroatoms. The standard InChI is InChI=1S/C16H13ClN5S/c1-23-16-20-22-14(10-6-8-11(17)9-7-10)19-13-5-3-2-4-12(13)15(22)21(16)18/h2-9H,18H2,1H3/q+1. The van der Waals surface area contributed by atoms with Gasteiger partial charge in [-0.05, 0) is 47.2 Å². The number of para-hydroxylation sites is 1. The summed E-state index contributed by atoms with van der Waals surface area (Å²) in [4.78, 5) is 4.77. The van der Waals surface area contributed by atoms with Crippen LogP contribution in [0.15, 0.2) is 53.7 Å². The van der Waals surface area contributed by atoms with Crippen molar-refractivity contribution in [3.05, 3.63) is 53.6 Å². The Morgan fingerprint density at radius 1 is 1.13 bits per heavy atom. The Labute approximate surface area is 141 Å². The Balaban J connectivity index is 2.15. The number of fused-ring (bicyclic) bond motifs is 3. The number of thioether (sulfide) groups is 1. The molecule has 4 aromatic rings. The molecule has 0 spiro atoms. The van der Waals surface area contributed by atoms with Crippen molar-refractivity contribution in [2.75, 3.05) is 12.1 Å². The molecule has 0 saturated heterocycles. The molecule has 2 aromatic carbocycles. The van der Waals surface area contributed by atoms with E-state index < -0.39 is 0 Å². The number of rotatable bonds is 2. The van der Waals surface area contributed by atoms with Gasteiger partial charge in [0.25, 0.3) is 5.65 Å². The third-order valence-electron chi connectivity index (χ3n) is 3.68. The third kappa shape index (κ3) is 2.22. The van der Waals surface area contributed by atoms with Gasteiger partial charge in [-0.1, -0.05) is 35.5 Å². The summed E-state index contributed by atoms with van der Waals surface area (Å²) in [5.41, 5.74) is 2.61. The van der Waals surface area contributed by atoms with Gasteiger partial charge in [-0.2, -0.15) is 0 Å². The smallest absolute Gasteiger partial charge is 0.288 e. The van der Waals surface area contributed by atoms with E-state index in [0.717, 1.165) is 33.1 Å². The van der Waals surface area contributed by atoms with Crippen molar-refractivity contribution in [3.63, 3.8) is 0 Å². The van der Waals surface area contributed by atoms with Crippen LogP contribution in [0.4, 0.5) is 0 Å². The fourth-order valence-electron chi connectivity index (χ4n) is 2.61. The van der Waals surface area contributed by atoms with Crippen LogP contribution in [0.3, 0.4) is 0 Å². The lowest BCUT2D eigenvalue weighted by Crippen LogP contribution is -2.45. The lowest BCUT2D eigenvalue weighted by molar-refractivity contribution is -0.651. The fourth-order valence-corrected chi connectivity index (χ4v) is 3.18. The van der Waals surface area contributed by atoms with E-state index in [-0.39, 0.29) is 0 Å². The summed E-state index contributed by atoms with van der Waals surface area (Å²) >= 11 is 7.49. The molecule has 0 aliphatic carbocycles. The Hall–Kier alpha value is -2.31. The van der Waals surface area contributed by atoms with Crippen molar-refractivity contribution in [1.29, 1.82) is 0 Å². The minimum Gasteiger partial charge on any atom is -0.288 e. The zero-order valence-corrected chi connectivity index (χ0v) is 13.8. The van der Waals surface area contributed by atoms with Crippen molar-refractivity contribution < 1.29 is 4.68 Å². The van der Waals surface area contributed by atoms with Gasteiger partial charge in [0.15, 0.2) is 0 Å². The maximum absolute atomic E-state index is 6.25. The first-order valence-corrected chi connectivity index (χ1v) is 8.58. The number of nitrogens with zero attached hydrogens (tertiary/aromatic N) is 4. The second-order valence-electron chi connectivity index (χ2n) is 5.05. The van der Waals surface area contributed by atoms with Gasteiger partial charge in [-0.25, -0.2) is 4.98 Å². The molecular formula is C16H13ClN5S+. The molecule has 0 unspecified atom stereocenters. The van der Waals surface area contributed by atoms with Gasteiger partial charge >= 0.3 is 5.16 Å². The predicted octanol–water partition coefficient (Wildman–Crippen LogP) is 2.93. The number of nitrogen functional groups attached to an aromatic ring is 1. The zero-order valence-electron chi connectivity index (χ0n) is 12.3. The van der Waals surface area contributed by atoms with Crippen LogP contribution in [0.25, 0.3) is 27.9 Å². The van der Waals surface area contributed by atoms with Crippen LogP contribution in [0.2, 0.25) is 5.02 Å². The van der Waals surface area contributed by atoms with Crippen LogP contribution >= 0.6 is 23.4 Å². The summed E-state index contributed by atoms with van der Waals surface area (Å²) in [5.74, 6) is 6.98. The van der Waals surface area contributed by atoms with Gasteiger partial charge in [0, 0.05) is 10.6 Å². The minimum atomic E-state index is 0.685. The van der Waals surface area contributed by atoms with E-state index in [9.17, 15) is 0 Å². The lowest BCUT2D eigenvalue weighted by atomic mass is 10.2. The van der Waals surface area contributed by atoms with E-state index >= 15 is 0 Å². The normalized spacial score (nSPS) is 11.4. The number of aromatic nitrogens is 4. The molecule has 2 aromatic heterocycles. The number of hydrogen-bond donors (Lipinski definition) is 1. The van der Waals surface area contributed by atoms with Crippen molar-refractivity contribution in [2.24, 2.45) is 0 Å². The van der Waals surface area contributed by atoms with Gasteiger partial charge in [-0.15, -0.1) is 4.68 Å². The van der Waals surface area contributed by atoms with Crippen LogP contribution < -0.4 is 10.5 Å². The molecule has 0 radical (unpaired) electrons. The highest BCUT2D eigenvalue weighted by atomic mass is 35.5. The molecule has 0 aliphatic heterocycles. The maximum Gasteiger partial charge on any atom is 0.358 e. The molecule has 114 valence electrons. The average Bonchev–Trinajstić information content (AvgIpc) is 2.92. The highest BCUT2D eigenvalue weighted by molar-refractivity contribution is 7.98. The Kier molecular flexibility index (Phi) is 3.36. The minimum absolute atomic E-state index is 0.685. The van der Waals surface area contributed by atoms with Crippen molar-refractivity contribution in [3.8, 4) is 11.4 Å². The Bertz CT molecular complexity index is 1030. The SMILES string of the molecule is CSc1nn2c(-c3ccc(Cl)cc3)nc3ccccc3c2[n+]1N. The molecule has 0 bridgehead atoms. The van der Waals surface area contributed by atoms with E-state index in [1.165, 1.54) is 11.8 Å². The fraction of sp³-hybridized carbons (Fsp3) is 0.0625. The first kappa shape index (κ1) is 14.3. The second kappa shape index (κ2) is 5.40. The summed E-state index contributed by atoms with van der Waals surface area (Å²) in [6.07, 6.45) is 1.95. The number of benzene rings is 2. The van der Waals surface area contributed by atoms with Crippen LogP contribution in [-0.4, -0.2) is 20.9 Å². The molecule has 0 saturated carbocycles. The third-order valence-corrected chi connectivity index (χ3v) is 4.57. The first-order valence-electron chi connectivity index (χ1n) is 6.97. The number of halogens is 1. The van der Waals surface area contributed by atoms with Gasteiger partial charge in [0.1, 0.15) is 0 Å². The van der Waals surface area contributed by atoms with Gasteiger partial charge in [0.2, 0.25) is 5.82 Å². The molecule has 23 heavy (non-hydrogen) atoms. The zero-order chi connectivity index (χ0) is 16.0. The Morgan fingerprint density at radius 2 is 1.87 bits per heavy atom. The summed E-state index contributed by atoms with van der Waals surface area (Å²) in [5, 5.41) is 6.97. The van der Waals surface area contributed by atoms with Gasteiger partial charge in [0.05, 0.1) is 16.0 Å². The highest BCUT2D eigenvalue weighted by Gasteiger charge is 2.25. The monoisotopic (exact) mass is 342 g/mol. The summed E-state index contributed by atoms with van der Waals surface area (Å²) in [6.45, 7) is 0. The molecule has 0 aliphatic rings. The van der Waals surface area contributed by atoms with Crippen LogP contribution in [0.5, 0.6) is 0 Å². The largest absolute Gasteiger partial charge is 0.358 e. The number of hydrogen-bond acceptors (Lipinski definition) is 4. The molecular weight excluding hydrogens is 330 g/mol. The van der Waals surface area contributed by atoms with E-state index in [1.807, 2.05) is 54.8 Å². The van der Waals surface area contributed by atoms with Crippen LogP contribution in [0, 0.1) is 0 Å². The van der Waals surface area contributed by atoms with E-state index in [2.05, 4.69) is 5.10 Å². The van der Waals surface area contributed by atoms with E-state index in [0.29, 0.717) is 5.02 Å². The van der Waals surface area contributed by atoms with Crippen molar-refractivity contribution in [1.82, 2.24) is 14.6 Å². The first-order chi connectivity index (χ1) is 11.2. The average molecular weight is 343 g/mol. The van der Waals surface area contributed by atoms with Gasteiger partial charge < -0.3 is 0 Å². The summed E-state index contributed by atoms with van der Waals surface area (Å²) < 4.78 is 3.39. The maximum atomic E-state index is 6.25. The van der Waals surface area contributed by atoms with Crippen molar-refractivity contribution >= 4 is 39.9 Å². The predicted molar refractivity (Wildman–Crippen MR) is 93.1 cm³/mol. The molecule has 2 heterocycles. The quantitative estimate of drug-likeness (QED) is 0.346. The van der Waals surface area contributed by atoms with Crippen molar-refractivity contribution in [2.45, 2.75) is 5.16 Å². The van der Waals surface area contributed by atoms with E-state index in [1.54, 1.807) is 9.19 Å². The second-order valence-corrected chi connectivity index (χ2v) is 6.26. The molecule has 4 rings (SSSR count). The molecule has 0 atom stereocenters. The molecule has 2 N–H and O–H groups in total. The summed E-state index contributed by atoms with van der Waals surface area (Å²) in [6, 6.07) is 15.4. The highest BCUT2D eigenvalue weighted by Crippen LogP contribution is 2.25. The van der Waals surface area contributed by atoms with Crippen LogP contribution in [0.1, 0.15) is 0 Å². The Morgan fingerprint density at radius 3 is 2.61 bits per heavy atom. The topological polar surface area (TPSA) is 60.1 Å². The molecule has 0 fully saturated rings. The number of nitrogens with two attached hydrogens (primary N) is 1. The van der Waals surface area contributed by atoms with E-state index in [4.69, 9.17) is 22.4 Å². The molecule has 0 amide bonds. The lowest BCUT2D eigenvalue weighted by Gasteiger charge is -2.02. The summed E-state index contributed by atoms with van der Waals surface area (Å²) in [7, 11) is 0. The van der Waals surface area contributed by atoms with Crippen LogP contribution in [-0.2, 0) is 0 Å².